The van der Waals surface area contributed by atoms with Gasteiger partial charge in [0.15, 0.2) is 0 Å². The normalized spacial score (nSPS) is 22.0. The van der Waals surface area contributed by atoms with E-state index in [1.165, 1.54) is 4.90 Å². The molecule has 2 aliphatic rings. The maximum Gasteiger partial charge on any atom is 0.317 e. The van der Waals surface area contributed by atoms with Crippen molar-refractivity contribution in [1.82, 2.24) is 20.4 Å². The Labute approximate surface area is 168 Å². The first-order chi connectivity index (χ1) is 13.5. The number of rotatable bonds is 7. The highest BCUT2D eigenvalue weighted by Crippen LogP contribution is 2.11. The van der Waals surface area contributed by atoms with Gasteiger partial charge >= 0.3 is 5.97 Å². The summed E-state index contributed by atoms with van der Waals surface area (Å²) < 4.78 is 0. The molecule has 2 aliphatic heterocycles. The maximum absolute atomic E-state index is 11.4. The molecule has 2 unspecified atom stereocenters. The van der Waals surface area contributed by atoms with E-state index in [0.29, 0.717) is 25.7 Å². The predicted octanol–water partition coefficient (Wildman–Crippen LogP) is -1.49. The smallest absolute Gasteiger partial charge is 0.317 e. The largest absolute Gasteiger partial charge is 0.480 e. The van der Waals surface area contributed by atoms with E-state index < -0.39 is 17.9 Å². The third-order valence-corrected chi connectivity index (χ3v) is 4.69. The number of piperidine rings is 2. The molecule has 11 heteroatoms. The third kappa shape index (κ3) is 8.08. The quantitative estimate of drug-likeness (QED) is 0.424. The highest BCUT2D eigenvalue weighted by molar-refractivity contribution is 6.01. The fraction of sp³-hybridized carbons (Fsp3) is 0.667. The Morgan fingerprint density at radius 3 is 1.66 bits per heavy atom. The molecule has 0 aromatic carbocycles. The molecule has 29 heavy (non-hydrogen) atoms. The average Bonchev–Trinajstić information content (AvgIpc) is 2.61. The van der Waals surface area contributed by atoms with E-state index in [0.717, 1.165) is 0 Å². The van der Waals surface area contributed by atoms with Crippen LogP contribution in [0.5, 0.6) is 0 Å². The minimum absolute atomic E-state index is 0.0993. The van der Waals surface area contributed by atoms with Crippen LogP contribution in [0.1, 0.15) is 39.0 Å². The highest BCUT2D eigenvalue weighted by atomic mass is 16.4. The number of imide groups is 2. The molecule has 2 heterocycles. The Balaban J connectivity index is 0.000000291. The molecule has 162 valence electrons. The summed E-state index contributed by atoms with van der Waals surface area (Å²) in [5.74, 6) is -2.12. The lowest BCUT2D eigenvalue weighted by atomic mass is 10.0. The van der Waals surface area contributed by atoms with Crippen molar-refractivity contribution < 1.29 is 33.9 Å². The van der Waals surface area contributed by atoms with Crippen LogP contribution in [0.25, 0.3) is 0 Å². The first-order valence-corrected chi connectivity index (χ1v) is 9.36. The molecule has 0 aliphatic carbocycles. The topological polar surface area (TPSA) is 153 Å². The van der Waals surface area contributed by atoms with Gasteiger partial charge in [0, 0.05) is 19.3 Å². The molecule has 0 spiro atoms. The van der Waals surface area contributed by atoms with Crippen LogP contribution in [-0.4, -0.2) is 89.6 Å². The fourth-order valence-corrected chi connectivity index (χ4v) is 3.03. The minimum atomic E-state index is -0.989. The van der Waals surface area contributed by atoms with Crippen molar-refractivity contribution in [3.8, 4) is 0 Å². The monoisotopic (exact) mass is 412 g/mol. The number of nitrogens with one attached hydrogen (secondary N) is 2. The second-order valence-corrected chi connectivity index (χ2v) is 7.05. The number of nitrogens with zero attached hydrogens (tertiary/aromatic N) is 2. The van der Waals surface area contributed by atoms with Crippen molar-refractivity contribution in [2.45, 2.75) is 51.1 Å². The number of hydrogen-bond donors (Lipinski definition) is 3. The average molecular weight is 412 g/mol. The third-order valence-electron chi connectivity index (χ3n) is 4.69. The number of Topliss-reactive ketones (excluding diaryl/α,β-unsaturated/α-hetero) is 1. The van der Waals surface area contributed by atoms with Crippen LogP contribution >= 0.6 is 0 Å². The van der Waals surface area contributed by atoms with Gasteiger partial charge in [-0.2, -0.15) is 0 Å². The molecule has 2 atom stereocenters. The van der Waals surface area contributed by atoms with Gasteiger partial charge in [0.25, 0.3) is 0 Å². The van der Waals surface area contributed by atoms with Crippen LogP contribution in [0.15, 0.2) is 0 Å². The predicted molar refractivity (Wildman–Crippen MR) is 101 cm³/mol. The van der Waals surface area contributed by atoms with E-state index in [1.54, 1.807) is 25.9 Å². The molecule has 3 N–H and O–H groups in total. The van der Waals surface area contributed by atoms with Crippen molar-refractivity contribution in [3.05, 3.63) is 0 Å². The number of ketones is 1. The number of carboxylic acids is 1. The van der Waals surface area contributed by atoms with Crippen molar-refractivity contribution in [2.24, 2.45) is 0 Å². The molecular formula is C18H28N4O7. The molecule has 0 aromatic heterocycles. The lowest BCUT2D eigenvalue weighted by molar-refractivity contribution is -0.142. The first-order valence-electron chi connectivity index (χ1n) is 9.36. The zero-order valence-electron chi connectivity index (χ0n) is 16.9. The summed E-state index contributed by atoms with van der Waals surface area (Å²) in [7, 11) is 3.28. The molecule has 0 bridgehead atoms. The molecule has 2 fully saturated rings. The summed E-state index contributed by atoms with van der Waals surface area (Å²) in [5, 5.41) is 13.0. The van der Waals surface area contributed by atoms with Crippen LogP contribution < -0.4 is 10.6 Å². The van der Waals surface area contributed by atoms with Gasteiger partial charge in [-0.15, -0.1) is 0 Å². The Morgan fingerprint density at radius 2 is 1.31 bits per heavy atom. The zero-order valence-corrected chi connectivity index (χ0v) is 16.9. The SMILES string of the molecule is CCC(=O)CN(C)C1CCC(=O)NC1=O.CN(CC(=O)O)C1CCC(=O)NC1=O. The molecule has 0 aromatic rings. The van der Waals surface area contributed by atoms with Crippen LogP contribution in [0, 0.1) is 0 Å². The van der Waals surface area contributed by atoms with Gasteiger partial charge < -0.3 is 5.11 Å². The number of carboxylic acid groups (broad SMARTS) is 1. The van der Waals surface area contributed by atoms with E-state index in [4.69, 9.17) is 5.11 Å². The van der Waals surface area contributed by atoms with Crippen LogP contribution in [-0.2, 0) is 28.8 Å². The fourth-order valence-electron chi connectivity index (χ4n) is 3.03. The number of carbonyl (C=O) groups is 6. The van der Waals surface area contributed by atoms with Crippen LogP contribution in [0.3, 0.4) is 0 Å². The second kappa shape index (κ2) is 11.4. The Kier molecular flexibility index (Phi) is 9.56. The van der Waals surface area contributed by atoms with Gasteiger partial charge in [-0.05, 0) is 26.9 Å². The van der Waals surface area contributed by atoms with Gasteiger partial charge in [0.05, 0.1) is 25.2 Å². The maximum atomic E-state index is 11.4. The van der Waals surface area contributed by atoms with E-state index in [9.17, 15) is 28.8 Å². The zero-order chi connectivity index (χ0) is 22.1. The van der Waals surface area contributed by atoms with Crippen LogP contribution in [0.4, 0.5) is 0 Å². The summed E-state index contributed by atoms with van der Waals surface area (Å²) in [6, 6.07) is -0.859. The molecular weight excluding hydrogens is 384 g/mol. The standard InChI is InChI=1S/C10H16N2O3.C8H12N2O4/c1-3-7(13)6-12(2)8-4-5-9(14)11-10(8)15;1-10(4-7(12)13)5-2-3-6(11)9-8(5)14/h8H,3-6H2,1-2H3,(H,11,14,15);5H,2-4H2,1H3,(H,12,13)(H,9,11,14). The van der Waals surface area contributed by atoms with E-state index >= 15 is 0 Å². The van der Waals surface area contributed by atoms with Gasteiger partial charge in [-0.1, -0.05) is 6.92 Å². The number of hydrogen-bond acceptors (Lipinski definition) is 8. The lowest BCUT2D eigenvalue weighted by Crippen LogP contribution is -2.52. The Bertz CT molecular complexity index is 679. The summed E-state index contributed by atoms with van der Waals surface area (Å²) in [6.45, 7) is 1.86. The van der Waals surface area contributed by atoms with Gasteiger partial charge in [-0.3, -0.25) is 49.2 Å². The molecule has 2 saturated heterocycles. The highest BCUT2D eigenvalue weighted by Gasteiger charge is 2.31. The molecule has 0 radical (unpaired) electrons. The van der Waals surface area contributed by atoms with E-state index in [-0.39, 0.29) is 49.1 Å². The number of aliphatic carboxylic acids is 1. The molecule has 0 saturated carbocycles. The van der Waals surface area contributed by atoms with Crippen molar-refractivity contribution >= 4 is 35.4 Å². The van der Waals surface area contributed by atoms with Gasteiger partial charge in [-0.25, -0.2) is 0 Å². The summed E-state index contributed by atoms with van der Waals surface area (Å²) >= 11 is 0. The van der Waals surface area contributed by atoms with Crippen molar-refractivity contribution in [1.29, 1.82) is 0 Å². The second-order valence-electron chi connectivity index (χ2n) is 7.05. The first kappa shape index (κ1) is 24.4. The number of carbonyl (C=O) groups excluding carboxylic acids is 5. The molecule has 11 nitrogen and oxygen atoms in total. The number of likely N-dealkylation sites (N-methyl/N-ethyl adjacent to an activating group) is 2. The molecule has 2 rings (SSSR count). The summed E-state index contributed by atoms with van der Waals surface area (Å²) in [4.78, 5) is 69.1. The van der Waals surface area contributed by atoms with Gasteiger partial charge in [0.2, 0.25) is 23.6 Å². The Hall–Kier alpha value is -2.66. The van der Waals surface area contributed by atoms with Crippen molar-refractivity contribution in [3.63, 3.8) is 0 Å². The Morgan fingerprint density at radius 1 is 0.897 bits per heavy atom. The number of amides is 4. The summed E-state index contributed by atoms with van der Waals surface area (Å²) in [5.41, 5.74) is 0. The lowest BCUT2D eigenvalue weighted by Gasteiger charge is -2.28. The van der Waals surface area contributed by atoms with Crippen LogP contribution in [0.2, 0.25) is 0 Å². The van der Waals surface area contributed by atoms with Crippen molar-refractivity contribution in [2.75, 3.05) is 27.2 Å². The molecule has 4 amide bonds. The van der Waals surface area contributed by atoms with E-state index in [1.807, 2.05) is 0 Å². The minimum Gasteiger partial charge on any atom is -0.480 e. The summed E-state index contributed by atoms with van der Waals surface area (Å²) in [6.07, 6.45) is 1.96. The van der Waals surface area contributed by atoms with E-state index in [2.05, 4.69) is 10.6 Å². The van der Waals surface area contributed by atoms with Gasteiger partial charge in [0.1, 0.15) is 5.78 Å².